The lowest BCUT2D eigenvalue weighted by molar-refractivity contribution is -0.138. The fourth-order valence-corrected chi connectivity index (χ4v) is 4.89. The number of nitrogens with one attached hydrogen (secondary N) is 1. The first-order valence-corrected chi connectivity index (χ1v) is 11.3. The molecular weight excluding hydrogens is 374 g/mol. The third-order valence-electron chi connectivity index (χ3n) is 6.54. The van der Waals surface area contributed by atoms with E-state index in [1.807, 2.05) is 24.3 Å². The SMILES string of the molecule is CC1CCCC(C)N1C(=O)CN1CCC(c2cccc(Nc3ccccn3)n2)CC1. The highest BCUT2D eigenvalue weighted by Gasteiger charge is 2.31. The largest absolute Gasteiger partial charge is 0.336 e. The smallest absolute Gasteiger partial charge is 0.237 e. The summed E-state index contributed by atoms with van der Waals surface area (Å²) >= 11 is 0. The Morgan fingerprint density at radius 1 is 1.00 bits per heavy atom. The summed E-state index contributed by atoms with van der Waals surface area (Å²) in [6.45, 7) is 6.84. The molecule has 0 aliphatic carbocycles. The number of aromatic nitrogens is 2. The molecule has 1 amide bonds. The summed E-state index contributed by atoms with van der Waals surface area (Å²) < 4.78 is 0. The minimum atomic E-state index is 0.299. The van der Waals surface area contributed by atoms with Gasteiger partial charge in [-0.3, -0.25) is 9.69 Å². The number of amides is 1. The average molecular weight is 408 g/mol. The predicted molar refractivity (Wildman–Crippen MR) is 120 cm³/mol. The van der Waals surface area contributed by atoms with Gasteiger partial charge in [-0.2, -0.15) is 0 Å². The fourth-order valence-electron chi connectivity index (χ4n) is 4.89. The van der Waals surface area contributed by atoms with Gasteiger partial charge in [-0.05, 0) is 83.3 Å². The van der Waals surface area contributed by atoms with E-state index in [0.717, 1.165) is 56.1 Å². The number of carbonyl (C=O) groups is 1. The van der Waals surface area contributed by atoms with Gasteiger partial charge in [0.05, 0.1) is 6.54 Å². The lowest BCUT2D eigenvalue weighted by Crippen LogP contribution is -2.51. The van der Waals surface area contributed by atoms with Crippen LogP contribution in [0, 0.1) is 0 Å². The van der Waals surface area contributed by atoms with Crippen molar-refractivity contribution in [2.45, 2.75) is 64.0 Å². The monoisotopic (exact) mass is 407 g/mol. The predicted octanol–water partition coefficient (Wildman–Crippen LogP) is 4.19. The van der Waals surface area contributed by atoms with Gasteiger partial charge in [-0.15, -0.1) is 0 Å². The second-order valence-corrected chi connectivity index (χ2v) is 8.77. The van der Waals surface area contributed by atoms with Crippen LogP contribution in [0.2, 0.25) is 0 Å². The van der Waals surface area contributed by atoms with Crippen molar-refractivity contribution < 1.29 is 4.79 Å². The van der Waals surface area contributed by atoms with Gasteiger partial charge in [0.2, 0.25) is 5.91 Å². The van der Waals surface area contributed by atoms with Crippen LogP contribution in [0.4, 0.5) is 11.6 Å². The van der Waals surface area contributed by atoms with Crippen molar-refractivity contribution in [3.05, 3.63) is 48.3 Å². The fraction of sp³-hybridized carbons (Fsp3) is 0.542. The number of anilines is 2. The third kappa shape index (κ3) is 4.98. The molecule has 0 spiro atoms. The first kappa shape index (κ1) is 20.8. The van der Waals surface area contributed by atoms with Crippen LogP contribution in [-0.2, 0) is 4.79 Å². The number of hydrogen-bond donors (Lipinski definition) is 1. The molecule has 2 unspecified atom stereocenters. The summed E-state index contributed by atoms with van der Waals surface area (Å²) in [5.74, 6) is 2.37. The number of carbonyl (C=O) groups excluding carboxylic acids is 1. The lowest BCUT2D eigenvalue weighted by atomic mass is 9.93. The highest BCUT2D eigenvalue weighted by atomic mass is 16.2. The van der Waals surface area contributed by atoms with E-state index in [2.05, 4.69) is 46.1 Å². The van der Waals surface area contributed by atoms with E-state index >= 15 is 0 Å². The van der Waals surface area contributed by atoms with Crippen LogP contribution in [-0.4, -0.2) is 57.4 Å². The molecule has 2 saturated heterocycles. The molecule has 160 valence electrons. The van der Waals surface area contributed by atoms with Crippen molar-refractivity contribution in [1.29, 1.82) is 0 Å². The molecule has 2 atom stereocenters. The van der Waals surface area contributed by atoms with E-state index in [1.54, 1.807) is 6.20 Å². The quantitative estimate of drug-likeness (QED) is 0.805. The molecule has 4 rings (SSSR count). The minimum absolute atomic E-state index is 0.299. The first-order chi connectivity index (χ1) is 14.6. The topological polar surface area (TPSA) is 61.4 Å². The van der Waals surface area contributed by atoms with Gasteiger partial charge in [0.25, 0.3) is 0 Å². The Morgan fingerprint density at radius 3 is 2.43 bits per heavy atom. The Morgan fingerprint density at radius 2 is 1.73 bits per heavy atom. The molecule has 2 fully saturated rings. The molecule has 2 aliphatic rings. The molecule has 0 aromatic carbocycles. The number of rotatable bonds is 5. The van der Waals surface area contributed by atoms with Crippen molar-refractivity contribution in [2.75, 3.05) is 25.0 Å². The van der Waals surface area contributed by atoms with Crippen LogP contribution in [0.5, 0.6) is 0 Å². The van der Waals surface area contributed by atoms with Crippen molar-refractivity contribution >= 4 is 17.5 Å². The first-order valence-electron chi connectivity index (χ1n) is 11.3. The molecule has 2 aromatic heterocycles. The van der Waals surface area contributed by atoms with E-state index in [9.17, 15) is 4.79 Å². The molecule has 2 aromatic rings. The zero-order valence-corrected chi connectivity index (χ0v) is 18.1. The number of likely N-dealkylation sites (tertiary alicyclic amines) is 2. The van der Waals surface area contributed by atoms with Crippen LogP contribution in [0.25, 0.3) is 0 Å². The maximum atomic E-state index is 12.9. The number of nitrogens with zero attached hydrogens (tertiary/aromatic N) is 4. The van der Waals surface area contributed by atoms with Gasteiger partial charge in [0.15, 0.2) is 0 Å². The summed E-state index contributed by atoms with van der Waals surface area (Å²) in [6, 6.07) is 12.7. The van der Waals surface area contributed by atoms with Gasteiger partial charge < -0.3 is 10.2 Å². The summed E-state index contributed by atoms with van der Waals surface area (Å²) in [4.78, 5) is 26.5. The number of pyridine rings is 2. The zero-order chi connectivity index (χ0) is 20.9. The molecular formula is C24H33N5O. The zero-order valence-electron chi connectivity index (χ0n) is 18.1. The Labute approximate surface area is 179 Å². The van der Waals surface area contributed by atoms with Crippen molar-refractivity contribution in [1.82, 2.24) is 19.8 Å². The summed E-state index contributed by atoms with van der Waals surface area (Å²) in [5, 5.41) is 3.28. The summed E-state index contributed by atoms with van der Waals surface area (Å²) in [5.41, 5.74) is 1.13. The molecule has 0 bridgehead atoms. The van der Waals surface area contributed by atoms with Crippen LogP contribution in [0.1, 0.15) is 57.6 Å². The van der Waals surface area contributed by atoms with Crippen LogP contribution >= 0.6 is 0 Å². The molecule has 0 saturated carbocycles. The maximum Gasteiger partial charge on any atom is 0.237 e. The third-order valence-corrected chi connectivity index (χ3v) is 6.54. The highest BCUT2D eigenvalue weighted by molar-refractivity contribution is 5.79. The standard InChI is InChI=1S/C24H33N5O/c1-18-7-5-8-19(2)29(18)24(30)17-28-15-12-20(13-16-28)21-9-6-11-23(26-21)27-22-10-3-4-14-25-22/h3-4,6,9-11,14,18-20H,5,7-8,12-13,15-17H2,1-2H3,(H,25,26,27). The highest BCUT2D eigenvalue weighted by Crippen LogP contribution is 2.28. The van der Waals surface area contributed by atoms with Crippen molar-refractivity contribution in [2.24, 2.45) is 0 Å². The molecule has 6 heteroatoms. The normalized spacial score (nSPS) is 23.3. The average Bonchev–Trinajstić information content (AvgIpc) is 2.75. The van der Waals surface area contributed by atoms with Crippen LogP contribution in [0.3, 0.4) is 0 Å². The Bertz CT molecular complexity index is 824. The molecule has 1 N–H and O–H groups in total. The Kier molecular flexibility index (Phi) is 6.62. The maximum absolute atomic E-state index is 12.9. The summed E-state index contributed by atoms with van der Waals surface area (Å²) in [6.07, 6.45) is 7.35. The van der Waals surface area contributed by atoms with Gasteiger partial charge in [0, 0.05) is 29.9 Å². The number of piperidine rings is 2. The van der Waals surface area contributed by atoms with Gasteiger partial charge in [0.1, 0.15) is 11.6 Å². The molecule has 6 nitrogen and oxygen atoms in total. The number of hydrogen-bond acceptors (Lipinski definition) is 5. The molecule has 2 aliphatic heterocycles. The molecule has 4 heterocycles. The second-order valence-electron chi connectivity index (χ2n) is 8.77. The molecule has 0 radical (unpaired) electrons. The Balaban J connectivity index is 1.31. The van der Waals surface area contributed by atoms with E-state index in [-0.39, 0.29) is 0 Å². The van der Waals surface area contributed by atoms with Crippen molar-refractivity contribution in [3.8, 4) is 0 Å². The lowest BCUT2D eigenvalue weighted by Gasteiger charge is -2.41. The van der Waals surface area contributed by atoms with Gasteiger partial charge in [-0.25, -0.2) is 9.97 Å². The van der Waals surface area contributed by atoms with Crippen LogP contribution < -0.4 is 5.32 Å². The van der Waals surface area contributed by atoms with Crippen molar-refractivity contribution in [3.63, 3.8) is 0 Å². The van der Waals surface area contributed by atoms with Gasteiger partial charge >= 0.3 is 0 Å². The minimum Gasteiger partial charge on any atom is -0.336 e. The van der Waals surface area contributed by atoms with E-state index in [0.29, 0.717) is 30.5 Å². The van der Waals surface area contributed by atoms with E-state index in [4.69, 9.17) is 4.98 Å². The Hall–Kier alpha value is -2.47. The molecule has 30 heavy (non-hydrogen) atoms. The van der Waals surface area contributed by atoms with E-state index in [1.165, 1.54) is 6.42 Å². The van der Waals surface area contributed by atoms with Gasteiger partial charge in [-0.1, -0.05) is 12.1 Å². The summed E-state index contributed by atoms with van der Waals surface area (Å²) in [7, 11) is 0. The second kappa shape index (κ2) is 9.56. The van der Waals surface area contributed by atoms with E-state index < -0.39 is 0 Å². The van der Waals surface area contributed by atoms with Crippen LogP contribution in [0.15, 0.2) is 42.6 Å².